The second-order valence-corrected chi connectivity index (χ2v) is 7.67. The number of piperidine rings is 1. The van der Waals surface area contributed by atoms with Crippen molar-refractivity contribution < 1.29 is 0 Å². The summed E-state index contributed by atoms with van der Waals surface area (Å²) < 4.78 is 0. The summed E-state index contributed by atoms with van der Waals surface area (Å²) in [6.45, 7) is 11.7. The molecule has 0 bridgehead atoms. The van der Waals surface area contributed by atoms with Crippen LogP contribution in [0.2, 0.25) is 0 Å². The van der Waals surface area contributed by atoms with Crippen molar-refractivity contribution in [1.82, 2.24) is 4.90 Å². The smallest absolute Gasteiger partial charge is 0.0627 e. The van der Waals surface area contributed by atoms with Gasteiger partial charge in [-0.25, -0.2) is 0 Å². The van der Waals surface area contributed by atoms with Crippen LogP contribution in [0.1, 0.15) is 58.1 Å². The molecule has 2 aromatic rings. The monoisotopic (exact) mass is 362 g/mol. The largest absolute Gasteiger partial charge is 0.299 e. The van der Waals surface area contributed by atoms with Gasteiger partial charge in [0, 0.05) is 13.0 Å². The zero-order valence-corrected chi connectivity index (χ0v) is 17.5. The molecule has 1 aliphatic heterocycles. The summed E-state index contributed by atoms with van der Waals surface area (Å²) in [4.78, 5) is 2.52. The van der Waals surface area contributed by atoms with Gasteiger partial charge >= 0.3 is 0 Å². The molecular weight excluding hydrogens is 328 g/mol. The quantitative estimate of drug-likeness (QED) is 0.610. The zero-order chi connectivity index (χ0) is 19.7. The van der Waals surface area contributed by atoms with E-state index in [4.69, 9.17) is 5.26 Å². The highest BCUT2D eigenvalue weighted by molar-refractivity contribution is 5.64. The molecule has 1 saturated heterocycles. The third-order valence-corrected chi connectivity index (χ3v) is 5.60. The van der Waals surface area contributed by atoms with E-state index >= 15 is 0 Å². The fraction of sp³-hybridized carbons (Fsp3) is 0.480. The van der Waals surface area contributed by atoms with Crippen LogP contribution in [0.5, 0.6) is 0 Å². The molecule has 0 amide bonds. The maximum atomic E-state index is 8.97. The molecule has 0 spiro atoms. The molecule has 2 heteroatoms. The summed E-state index contributed by atoms with van der Waals surface area (Å²) in [7, 11) is 0. The lowest BCUT2D eigenvalue weighted by Gasteiger charge is -2.38. The Hall–Kier alpha value is -2.11. The van der Waals surface area contributed by atoms with Crippen molar-refractivity contribution in [2.45, 2.75) is 59.9 Å². The Bertz CT molecular complexity index is 732. The lowest BCUT2D eigenvalue weighted by Crippen LogP contribution is -2.38. The van der Waals surface area contributed by atoms with E-state index < -0.39 is 0 Å². The van der Waals surface area contributed by atoms with Gasteiger partial charge in [0.1, 0.15) is 0 Å². The van der Waals surface area contributed by atoms with Crippen molar-refractivity contribution in [2.24, 2.45) is 5.41 Å². The first-order valence-corrected chi connectivity index (χ1v) is 10.4. The predicted molar refractivity (Wildman–Crippen MR) is 115 cm³/mol. The first kappa shape index (κ1) is 21.2. The van der Waals surface area contributed by atoms with E-state index in [1.807, 2.05) is 13.8 Å². The fourth-order valence-corrected chi connectivity index (χ4v) is 3.65. The third-order valence-electron chi connectivity index (χ3n) is 5.60. The molecule has 2 aromatic carbocycles. The normalized spacial score (nSPS) is 16.1. The molecule has 0 saturated carbocycles. The molecule has 1 aliphatic rings. The van der Waals surface area contributed by atoms with Crippen molar-refractivity contribution in [3.8, 4) is 17.2 Å². The minimum Gasteiger partial charge on any atom is -0.299 e. The minimum absolute atomic E-state index is 0.222. The Morgan fingerprint density at radius 3 is 2.22 bits per heavy atom. The number of benzene rings is 2. The molecule has 2 nitrogen and oxygen atoms in total. The first-order chi connectivity index (χ1) is 13.1. The molecule has 0 aliphatic carbocycles. The van der Waals surface area contributed by atoms with E-state index in [1.54, 1.807) is 0 Å². The molecular formula is C25H34N2. The second-order valence-electron chi connectivity index (χ2n) is 7.67. The Labute approximate surface area is 165 Å². The van der Waals surface area contributed by atoms with Crippen molar-refractivity contribution in [3.63, 3.8) is 0 Å². The van der Waals surface area contributed by atoms with E-state index in [0.29, 0.717) is 6.42 Å². The van der Waals surface area contributed by atoms with Crippen molar-refractivity contribution in [2.75, 3.05) is 13.1 Å². The Morgan fingerprint density at radius 2 is 1.63 bits per heavy atom. The van der Waals surface area contributed by atoms with E-state index in [0.717, 1.165) is 38.9 Å². The second kappa shape index (κ2) is 10.3. The number of nitrogens with zero attached hydrogens (tertiary/aromatic N) is 2. The first-order valence-electron chi connectivity index (χ1n) is 10.4. The lowest BCUT2D eigenvalue weighted by atomic mass is 9.78. The molecule has 144 valence electrons. The van der Waals surface area contributed by atoms with Gasteiger partial charge in [-0.1, -0.05) is 76.2 Å². The van der Waals surface area contributed by atoms with Crippen LogP contribution in [0, 0.1) is 16.7 Å². The van der Waals surface area contributed by atoms with Gasteiger partial charge in [0.25, 0.3) is 0 Å². The molecule has 0 unspecified atom stereocenters. The molecule has 0 atom stereocenters. The van der Waals surface area contributed by atoms with Gasteiger partial charge < -0.3 is 0 Å². The highest BCUT2D eigenvalue weighted by atomic mass is 15.1. The maximum absolute atomic E-state index is 8.97. The van der Waals surface area contributed by atoms with Gasteiger partial charge in [0.05, 0.1) is 6.07 Å². The Morgan fingerprint density at radius 1 is 0.963 bits per heavy atom. The van der Waals surface area contributed by atoms with Gasteiger partial charge in [-0.2, -0.15) is 5.26 Å². The van der Waals surface area contributed by atoms with Crippen molar-refractivity contribution >= 4 is 0 Å². The van der Waals surface area contributed by atoms with E-state index in [9.17, 15) is 0 Å². The molecule has 0 N–H and O–H groups in total. The molecule has 1 fully saturated rings. The van der Waals surface area contributed by atoms with Crippen LogP contribution in [0.4, 0.5) is 0 Å². The molecule has 1 heterocycles. The standard InChI is InChI=1S/C23H28N2.C2H6/c1-3-19-5-4-6-22(17-19)21-9-7-20(8-10-21)18-25-15-12-23(2,11-14-24)13-16-25;1-2/h4-10,17H,3,11-13,15-16,18H2,1-2H3;1-2H3. The number of rotatable bonds is 5. The Kier molecular flexibility index (Phi) is 8.07. The molecule has 0 radical (unpaired) electrons. The lowest BCUT2D eigenvalue weighted by molar-refractivity contribution is 0.116. The maximum Gasteiger partial charge on any atom is 0.0627 e. The molecule has 27 heavy (non-hydrogen) atoms. The van der Waals surface area contributed by atoms with E-state index in [2.05, 4.69) is 73.3 Å². The summed E-state index contributed by atoms with van der Waals surface area (Å²) in [5, 5.41) is 8.97. The topological polar surface area (TPSA) is 27.0 Å². The van der Waals surface area contributed by atoms with Crippen molar-refractivity contribution in [1.29, 1.82) is 5.26 Å². The highest BCUT2D eigenvalue weighted by Crippen LogP contribution is 2.34. The van der Waals surface area contributed by atoms with Crippen LogP contribution in [0.3, 0.4) is 0 Å². The predicted octanol–water partition coefficient (Wildman–Crippen LogP) is 6.46. The average molecular weight is 363 g/mol. The van der Waals surface area contributed by atoms with Gasteiger partial charge in [0.15, 0.2) is 0 Å². The van der Waals surface area contributed by atoms with Crippen LogP contribution >= 0.6 is 0 Å². The average Bonchev–Trinajstić information content (AvgIpc) is 2.72. The van der Waals surface area contributed by atoms with Gasteiger partial charge in [-0.3, -0.25) is 4.90 Å². The molecule has 0 aromatic heterocycles. The number of aryl methyl sites for hydroxylation is 1. The number of likely N-dealkylation sites (tertiary alicyclic amines) is 1. The van der Waals surface area contributed by atoms with Gasteiger partial charge in [0.2, 0.25) is 0 Å². The summed E-state index contributed by atoms with van der Waals surface area (Å²) in [5.41, 5.74) is 5.57. The summed E-state index contributed by atoms with van der Waals surface area (Å²) in [6, 6.07) is 20.2. The number of nitriles is 1. The van der Waals surface area contributed by atoms with Crippen LogP contribution in [0.25, 0.3) is 11.1 Å². The summed E-state index contributed by atoms with van der Waals surface area (Å²) >= 11 is 0. The Balaban J connectivity index is 0.00000126. The number of hydrogen-bond donors (Lipinski definition) is 0. The minimum atomic E-state index is 0.222. The zero-order valence-electron chi connectivity index (χ0n) is 17.5. The summed E-state index contributed by atoms with van der Waals surface area (Å²) in [6.07, 6.45) is 4.02. The van der Waals surface area contributed by atoms with E-state index in [1.165, 1.54) is 22.3 Å². The van der Waals surface area contributed by atoms with Crippen LogP contribution < -0.4 is 0 Å². The van der Waals surface area contributed by atoms with Crippen LogP contribution in [-0.4, -0.2) is 18.0 Å². The number of hydrogen-bond acceptors (Lipinski definition) is 2. The third kappa shape index (κ3) is 5.94. The van der Waals surface area contributed by atoms with Gasteiger partial charge in [-0.15, -0.1) is 0 Å². The molecule has 3 rings (SSSR count). The SMILES string of the molecule is CC.CCc1cccc(-c2ccc(CN3CCC(C)(CC#N)CC3)cc2)c1. The van der Waals surface area contributed by atoms with E-state index in [-0.39, 0.29) is 5.41 Å². The highest BCUT2D eigenvalue weighted by Gasteiger charge is 2.29. The van der Waals surface area contributed by atoms with Crippen LogP contribution in [-0.2, 0) is 13.0 Å². The summed E-state index contributed by atoms with van der Waals surface area (Å²) in [5.74, 6) is 0. The van der Waals surface area contributed by atoms with Gasteiger partial charge in [-0.05, 0) is 60.0 Å². The fourth-order valence-electron chi connectivity index (χ4n) is 3.65. The van der Waals surface area contributed by atoms with Crippen LogP contribution in [0.15, 0.2) is 48.5 Å². The van der Waals surface area contributed by atoms with Crippen molar-refractivity contribution in [3.05, 3.63) is 59.7 Å².